The van der Waals surface area contributed by atoms with Crippen molar-refractivity contribution in [1.29, 1.82) is 0 Å². The normalized spacial score (nSPS) is 12.1. The first-order valence-corrected chi connectivity index (χ1v) is 18.8. The monoisotopic (exact) mass is 680 g/mol. The summed E-state index contributed by atoms with van der Waals surface area (Å²) < 4.78 is 0. The van der Waals surface area contributed by atoms with Crippen LogP contribution in [0.4, 0.5) is 0 Å². The number of hydrogen-bond acceptors (Lipinski definition) is 0. The standard InChI is InChI=1S/C54H32/c1-4-17-44-40(13-1)41-14-5-7-19-47(41)54-48-20-8-6-18-45(48)51(32-52(44)54)37-26-24-33-23-25-35(30-38(33)31-37)34-11-9-12-36(29-34)39-27-28-50-43-16-3-2-15-42(43)49-22-10-21-46(39)53(49)50/h1-32H. The lowest BCUT2D eigenvalue weighted by Gasteiger charge is -2.16. The van der Waals surface area contributed by atoms with Gasteiger partial charge in [0.15, 0.2) is 0 Å². The zero-order valence-electron chi connectivity index (χ0n) is 29.5. The summed E-state index contributed by atoms with van der Waals surface area (Å²) in [6.45, 7) is 0. The second-order valence-electron chi connectivity index (χ2n) is 14.8. The van der Waals surface area contributed by atoms with Gasteiger partial charge in [0.25, 0.3) is 0 Å². The van der Waals surface area contributed by atoms with Gasteiger partial charge in [-0.15, -0.1) is 0 Å². The molecule has 0 spiro atoms. The molecule has 0 unspecified atom stereocenters. The molecule has 0 saturated carbocycles. The molecule has 0 heteroatoms. The molecule has 0 aromatic heterocycles. The van der Waals surface area contributed by atoms with Crippen LogP contribution in [-0.4, -0.2) is 0 Å². The Labute approximate surface area is 313 Å². The van der Waals surface area contributed by atoms with Gasteiger partial charge in [0.2, 0.25) is 0 Å². The van der Waals surface area contributed by atoms with E-state index >= 15 is 0 Å². The third-order valence-electron chi connectivity index (χ3n) is 12.0. The van der Waals surface area contributed by atoms with Crippen molar-refractivity contribution >= 4 is 64.6 Å². The van der Waals surface area contributed by atoms with Crippen LogP contribution in [0.5, 0.6) is 0 Å². The zero-order valence-corrected chi connectivity index (χ0v) is 29.5. The highest BCUT2D eigenvalue weighted by Gasteiger charge is 2.22. The first-order valence-electron chi connectivity index (χ1n) is 18.8. The van der Waals surface area contributed by atoms with E-state index in [9.17, 15) is 0 Å². The molecule has 0 saturated heterocycles. The van der Waals surface area contributed by atoms with E-state index in [0.29, 0.717) is 0 Å². The van der Waals surface area contributed by atoms with Crippen molar-refractivity contribution in [2.45, 2.75) is 0 Å². The lowest BCUT2D eigenvalue weighted by atomic mass is 9.87. The van der Waals surface area contributed by atoms with Crippen LogP contribution in [0.3, 0.4) is 0 Å². The fraction of sp³-hybridized carbons (Fsp3) is 0. The third kappa shape index (κ3) is 4.20. The molecule has 248 valence electrons. The lowest BCUT2D eigenvalue weighted by molar-refractivity contribution is 1.62. The molecular weight excluding hydrogens is 649 g/mol. The highest BCUT2D eigenvalue weighted by Crippen LogP contribution is 2.49. The van der Waals surface area contributed by atoms with Gasteiger partial charge in [-0.2, -0.15) is 0 Å². The number of benzene rings is 11. The Bertz CT molecular complexity index is 3350. The topological polar surface area (TPSA) is 0 Å². The first-order chi connectivity index (χ1) is 26.8. The molecule has 0 N–H and O–H groups in total. The van der Waals surface area contributed by atoms with Crippen molar-refractivity contribution in [3.05, 3.63) is 194 Å². The Morgan fingerprint density at radius 3 is 1.44 bits per heavy atom. The average Bonchev–Trinajstić information content (AvgIpc) is 3.58. The largest absolute Gasteiger partial charge is 0.0616 e. The Morgan fingerprint density at radius 2 is 0.667 bits per heavy atom. The minimum absolute atomic E-state index is 1.22. The van der Waals surface area contributed by atoms with Crippen molar-refractivity contribution in [2.75, 3.05) is 0 Å². The summed E-state index contributed by atoms with van der Waals surface area (Å²) in [5.41, 5.74) is 12.8. The maximum Gasteiger partial charge on any atom is -0.00199 e. The van der Waals surface area contributed by atoms with Gasteiger partial charge in [-0.05, 0) is 145 Å². The van der Waals surface area contributed by atoms with Gasteiger partial charge in [0.05, 0.1) is 0 Å². The third-order valence-corrected chi connectivity index (χ3v) is 12.0. The molecule has 54 heavy (non-hydrogen) atoms. The van der Waals surface area contributed by atoms with Crippen LogP contribution in [0.1, 0.15) is 0 Å². The van der Waals surface area contributed by atoms with Gasteiger partial charge in [-0.3, -0.25) is 0 Å². The summed E-state index contributed by atoms with van der Waals surface area (Å²) in [5.74, 6) is 0. The second-order valence-corrected chi connectivity index (χ2v) is 14.8. The molecule has 12 rings (SSSR count). The second kappa shape index (κ2) is 11.2. The molecule has 0 fully saturated rings. The molecule has 0 heterocycles. The van der Waals surface area contributed by atoms with Crippen LogP contribution in [0, 0.1) is 0 Å². The highest BCUT2D eigenvalue weighted by atomic mass is 14.3. The van der Waals surface area contributed by atoms with Crippen LogP contribution < -0.4 is 0 Å². The first kappa shape index (κ1) is 29.5. The molecule has 11 aromatic rings. The zero-order chi connectivity index (χ0) is 35.3. The predicted molar refractivity (Wildman–Crippen MR) is 232 cm³/mol. The van der Waals surface area contributed by atoms with Crippen molar-refractivity contribution in [3.63, 3.8) is 0 Å². The van der Waals surface area contributed by atoms with Gasteiger partial charge in [0.1, 0.15) is 0 Å². The molecule has 0 bridgehead atoms. The van der Waals surface area contributed by atoms with E-state index in [-0.39, 0.29) is 0 Å². The van der Waals surface area contributed by atoms with Gasteiger partial charge >= 0.3 is 0 Å². The minimum Gasteiger partial charge on any atom is -0.0616 e. The summed E-state index contributed by atoms with van der Waals surface area (Å²) in [6.07, 6.45) is 0. The molecular formula is C54H32. The Balaban J connectivity index is 1.01. The number of fused-ring (bicyclic) bond motifs is 12. The van der Waals surface area contributed by atoms with E-state index in [1.165, 1.54) is 120 Å². The van der Waals surface area contributed by atoms with Crippen LogP contribution >= 0.6 is 0 Å². The van der Waals surface area contributed by atoms with Gasteiger partial charge < -0.3 is 0 Å². The van der Waals surface area contributed by atoms with Gasteiger partial charge in [0, 0.05) is 0 Å². The molecule has 0 nitrogen and oxygen atoms in total. The molecule has 1 aliphatic rings. The molecule has 0 aliphatic heterocycles. The van der Waals surface area contributed by atoms with Crippen LogP contribution in [-0.2, 0) is 0 Å². The number of hydrogen-bond donors (Lipinski definition) is 0. The van der Waals surface area contributed by atoms with E-state index in [4.69, 9.17) is 0 Å². The maximum atomic E-state index is 2.44. The van der Waals surface area contributed by atoms with E-state index in [2.05, 4.69) is 194 Å². The van der Waals surface area contributed by atoms with Crippen molar-refractivity contribution in [1.82, 2.24) is 0 Å². The quantitative estimate of drug-likeness (QED) is 0.163. The highest BCUT2D eigenvalue weighted by molar-refractivity contribution is 6.33. The van der Waals surface area contributed by atoms with Crippen molar-refractivity contribution in [2.24, 2.45) is 0 Å². The van der Waals surface area contributed by atoms with Crippen LogP contribution in [0.25, 0.3) is 120 Å². The van der Waals surface area contributed by atoms with E-state index in [1.807, 2.05) is 0 Å². The van der Waals surface area contributed by atoms with E-state index in [0.717, 1.165) is 0 Å². The molecule has 0 amide bonds. The SMILES string of the molecule is c1cc(-c2ccc3ccc(-c4cc5c6ccccc6c6ccccc6c5c5ccccc45)cc3c2)cc(-c2ccc3c4c(cccc24)-c2ccccc2-3)c1. The summed E-state index contributed by atoms with van der Waals surface area (Å²) in [7, 11) is 0. The molecule has 11 aromatic carbocycles. The Hall–Kier alpha value is -7.02. The fourth-order valence-corrected chi connectivity index (χ4v) is 9.53. The average molecular weight is 681 g/mol. The van der Waals surface area contributed by atoms with Crippen LogP contribution in [0.2, 0.25) is 0 Å². The summed E-state index contributed by atoms with van der Waals surface area (Å²) in [5, 5.41) is 15.6. The van der Waals surface area contributed by atoms with E-state index in [1.54, 1.807) is 0 Å². The summed E-state index contributed by atoms with van der Waals surface area (Å²) in [4.78, 5) is 0. The smallest absolute Gasteiger partial charge is 0.00199 e. The lowest BCUT2D eigenvalue weighted by Crippen LogP contribution is -1.89. The Morgan fingerprint density at radius 1 is 0.185 bits per heavy atom. The molecule has 1 aliphatic carbocycles. The molecule has 0 atom stereocenters. The van der Waals surface area contributed by atoms with E-state index < -0.39 is 0 Å². The minimum atomic E-state index is 1.22. The predicted octanol–water partition coefficient (Wildman–Crippen LogP) is 15.3. The summed E-state index contributed by atoms with van der Waals surface area (Å²) >= 11 is 0. The van der Waals surface area contributed by atoms with Crippen molar-refractivity contribution < 1.29 is 0 Å². The maximum absolute atomic E-state index is 2.44. The van der Waals surface area contributed by atoms with Gasteiger partial charge in [-0.1, -0.05) is 170 Å². The fourth-order valence-electron chi connectivity index (χ4n) is 9.53. The molecule has 0 radical (unpaired) electrons. The Kier molecular flexibility index (Phi) is 6.15. The van der Waals surface area contributed by atoms with Crippen molar-refractivity contribution in [3.8, 4) is 55.6 Å². The number of rotatable bonds is 3. The van der Waals surface area contributed by atoms with Gasteiger partial charge in [-0.25, -0.2) is 0 Å². The van der Waals surface area contributed by atoms with Crippen LogP contribution in [0.15, 0.2) is 194 Å². The summed E-state index contributed by atoms with van der Waals surface area (Å²) in [6, 6.07) is 72.3.